The monoisotopic (exact) mass is 412 g/mol. The summed E-state index contributed by atoms with van der Waals surface area (Å²) in [5, 5.41) is 0.728. The van der Waals surface area contributed by atoms with Gasteiger partial charge >= 0.3 is 0 Å². The molecule has 0 spiro atoms. The van der Waals surface area contributed by atoms with Crippen LogP contribution in [-0.4, -0.2) is 44.7 Å². The number of carbonyl (C=O) groups excluding carboxylic acids is 1. The second-order valence-electron chi connectivity index (χ2n) is 7.62. The lowest BCUT2D eigenvalue weighted by Crippen LogP contribution is -3.05. The molecule has 2 aromatic carbocycles. The number of nitrogens with zero attached hydrogens (tertiary/aromatic N) is 2. The van der Waals surface area contributed by atoms with Crippen molar-refractivity contribution in [3.8, 4) is 5.75 Å². The molecule has 1 N–H and O–H groups in total. The lowest BCUT2D eigenvalue weighted by molar-refractivity contribution is -0.858. The molecule has 0 aliphatic heterocycles. The maximum atomic E-state index is 13.5. The molecule has 0 fully saturated rings. The van der Waals surface area contributed by atoms with Crippen LogP contribution in [0.5, 0.6) is 5.75 Å². The summed E-state index contributed by atoms with van der Waals surface area (Å²) in [4.78, 5) is 21.5. The van der Waals surface area contributed by atoms with Crippen LogP contribution in [0.3, 0.4) is 0 Å². The number of nitrogens with one attached hydrogen (secondary N) is 1. The van der Waals surface area contributed by atoms with E-state index in [-0.39, 0.29) is 5.91 Å². The number of amides is 1. The maximum absolute atomic E-state index is 13.5. The third-order valence-corrected chi connectivity index (χ3v) is 5.86. The highest BCUT2D eigenvalue weighted by molar-refractivity contribution is 7.22. The van der Waals surface area contributed by atoms with Gasteiger partial charge in [0.25, 0.3) is 5.91 Å². The Kier molecular flexibility index (Phi) is 6.87. The number of aromatic nitrogens is 1. The van der Waals surface area contributed by atoms with Crippen molar-refractivity contribution in [2.24, 2.45) is 0 Å². The molecule has 0 radical (unpaired) electrons. The fraction of sp³-hybridized carbons (Fsp3) is 0.391. The van der Waals surface area contributed by atoms with Gasteiger partial charge in [0.05, 0.1) is 31.9 Å². The number of fused-ring (bicyclic) bond motifs is 1. The number of thiazole rings is 1. The molecule has 5 nitrogen and oxygen atoms in total. The van der Waals surface area contributed by atoms with Gasteiger partial charge in [0.2, 0.25) is 0 Å². The number of ether oxygens (including phenoxy) is 1. The first-order chi connectivity index (χ1) is 13.9. The average molecular weight is 413 g/mol. The van der Waals surface area contributed by atoms with Crippen molar-refractivity contribution in [3.05, 3.63) is 53.1 Å². The fourth-order valence-corrected chi connectivity index (χ4v) is 4.38. The number of carbonyl (C=O) groups is 1. The molecule has 0 saturated heterocycles. The van der Waals surface area contributed by atoms with Gasteiger partial charge in [-0.15, -0.1) is 0 Å². The number of aryl methyl sites for hydroxylation is 2. The minimum Gasteiger partial charge on any atom is -0.492 e. The van der Waals surface area contributed by atoms with E-state index >= 15 is 0 Å². The highest BCUT2D eigenvalue weighted by Crippen LogP contribution is 2.35. The summed E-state index contributed by atoms with van der Waals surface area (Å²) in [6.07, 6.45) is 0.910. The van der Waals surface area contributed by atoms with Crippen LogP contribution in [0.15, 0.2) is 36.4 Å². The molecule has 0 aliphatic carbocycles. The normalized spacial score (nSPS) is 11.2. The molecule has 29 heavy (non-hydrogen) atoms. The van der Waals surface area contributed by atoms with Gasteiger partial charge in [0, 0.05) is 18.5 Å². The molecule has 3 aromatic rings. The Hall–Kier alpha value is -2.44. The first kappa shape index (κ1) is 21.3. The first-order valence-electron chi connectivity index (χ1n) is 10.1. The zero-order valence-corrected chi connectivity index (χ0v) is 18.7. The lowest BCUT2D eigenvalue weighted by atomic mass is 10.0. The summed E-state index contributed by atoms with van der Waals surface area (Å²) in [6.45, 7) is 8.22. The van der Waals surface area contributed by atoms with Gasteiger partial charge < -0.3 is 9.64 Å². The van der Waals surface area contributed by atoms with Gasteiger partial charge in [-0.1, -0.05) is 35.1 Å². The van der Waals surface area contributed by atoms with Crippen LogP contribution in [0.25, 0.3) is 10.2 Å². The number of hydrogen-bond donors (Lipinski definition) is 1. The molecule has 154 valence electrons. The quantitative estimate of drug-likeness (QED) is 0.616. The van der Waals surface area contributed by atoms with E-state index in [1.54, 1.807) is 11.3 Å². The van der Waals surface area contributed by atoms with Crippen molar-refractivity contribution < 1.29 is 14.4 Å². The molecule has 1 heterocycles. The van der Waals surface area contributed by atoms with E-state index in [4.69, 9.17) is 9.72 Å². The molecule has 0 atom stereocenters. The van der Waals surface area contributed by atoms with E-state index < -0.39 is 0 Å². The van der Waals surface area contributed by atoms with Gasteiger partial charge in [-0.25, -0.2) is 4.98 Å². The van der Waals surface area contributed by atoms with Gasteiger partial charge in [0.15, 0.2) is 5.13 Å². The van der Waals surface area contributed by atoms with Crippen LogP contribution in [0.4, 0.5) is 5.13 Å². The molecule has 0 aliphatic rings. The molecular weight excluding hydrogens is 382 g/mol. The number of rotatable bonds is 8. The summed E-state index contributed by atoms with van der Waals surface area (Å²) in [5.74, 6) is 0.775. The fourth-order valence-electron chi connectivity index (χ4n) is 3.37. The van der Waals surface area contributed by atoms with Gasteiger partial charge in [-0.05, 0) is 44.5 Å². The Morgan fingerprint density at radius 2 is 2.00 bits per heavy atom. The van der Waals surface area contributed by atoms with Crippen molar-refractivity contribution >= 4 is 32.6 Å². The van der Waals surface area contributed by atoms with Crippen molar-refractivity contribution in [1.82, 2.24) is 4.98 Å². The van der Waals surface area contributed by atoms with E-state index in [0.717, 1.165) is 50.8 Å². The van der Waals surface area contributed by atoms with Crippen LogP contribution >= 0.6 is 11.3 Å². The van der Waals surface area contributed by atoms with E-state index in [9.17, 15) is 4.79 Å². The predicted molar refractivity (Wildman–Crippen MR) is 121 cm³/mol. The van der Waals surface area contributed by atoms with Crippen LogP contribution in [0.2, 0.25) is 0 Å². The average Bonchev–Trinajstić information content (AvgIpc) is 3.09. The lowest BCUT2D eigenvalue weighted by Gasteiger charge is -2.21. The number of quaternary nitrogens is 1. The molecule has 0 bridgehead atoms. The largest absolute Gasteiger partial charge is 0.492 e. The van der Waals surface area contributed by atoms with Crippen LogP contribution in [0, 0.1) is 13.8 Å². The maximum Gasteiger partial charge on any atom is 0.260 e. The van der Waals surface area contributed by atoms with Gasteiger partial charge in [-0.3, -0.25) is 9.69 Å². The number of anilines is 1. The summed E-state index contributed by atoms with van der Waals surface area (Å²) < 4.78 is 6.77. The first-order valence-corrected chi connectivity index (χ1v) is 10.9. The zero-order valence-electron chi connectivity index (χ0n) is 17.9. The van der Waals surface area contributed by atoms with Gasteiger partial charge in [-0.2, -0.15) is 0 Å². The number of hydrogen-bond acceptors (Lipinski definition) is 4. The van der Waals surface area contributed by atoms with Crippen LogP contribution < -0.4 is 14.5 Å². The minimum atomic E-state index is 0.00766. The van der Waals surface area contributed by atoms with E-state index in [1.165, 1.54) is 4.90 Å². The third-order valence-electron chi connectivity index (χ3n) is 4.82. The molecule has 3 rings (SSSR count). The van der Waals surface area contributed by atoms with E-state index in [1.807, 2.05) is 56.0 Å². The second kappa shape index (κ2) is 9.37. The number of benzene rings is 2. The highest BCUT2D eigenvalue weighted by atomic mass is 32.1. The highest BCUT2D eigenvalue weighted by Gasteiger charge is 2.23. The molecular formula is C23H30N3O2S+. The summed E-state index contributed by atoms with van der Waals surface area (Å²) >= 11 is 1.54. The van der Waals surface area contributed by atoms with Crippen molar-refractivity contribution in [2.45, 2.75) is 27.2 Å². The van der Waals surface area contributed by atoms with Gasteiger partial charge in [0.1, 0.15) is 11.3 Å². The van der Waals surface area contributed by atoms with Crippen molar-refractivity contribution in [3.63, 3.8) is 0 Å². The second-order valence-corrected chi connectivity index (χ2v) is 8.63. The Morgan fingerprint density at radius 3 is 2.69 bits per heavy atom. The Labute approximate surface area is 176 Å². The Bertz CT molecular complexity index is 997. The Balaban J connectivity index is 1.99. The SMILES string of the molecule is CCOc1cccc2sc(N(CCC[NH+](C)C)C(=O)c3ccc(C)cc3C)nc12. The zero-order chi connectivity index (χ0) is 21.0. The Morgan fingerprint density at radius 1 is 1.21 bits per heavy atom. The van der Waals surface area contributed by atoms with E-state index in [2.05, 4.69) is 20.2 Å². The molecule has 0 saturated carbocycles. The smallest absolute Gasteiger partial charge is 0.260 e. The molecule has 1 aromatic heterocycles. The minimum absolute atomic E-state index is 0.00766. The molecule has 1 amide bonds. The summed E-state index contributed by atoms with van der Waals surface area (Å²) in [5.41, 5.74) is 3.71. The number of para-hydroxylation sites is 1. The van der Waals surface area contributed by atoms with Crippen LogP contribution in [0.1, 0.15) is 34.8 Å². The topological polar surface area (TPSA) is 46.9 Å². The summed E-state index contributed by atoms with van der Waals surface area (Å²) in [7, 11) is 4.25. The molecule has 6 heteroatoms. The van der Waals surface area contributed by atoms with Crippen molar-refractivity contribution in [2.75, 3.05) is 38.7 Å². The van der Waals surface area contributed by atoms with E-state index in [0.29, 0.717) is 13.2 Å². The predicted octanol–water partition coefficient (Wildman–Crippen LogP) is 3.49. The molecule has 0 unspecified atom stereocenters. The van der Waals surface area contributed by atoms with Crippen molar-refractivity contribution in [1.29, 1.82) is 0 Å². The van der Waals surface area contributed by atoms with Crippen LogP contribution in [-0.2, 0) is 0 Å². The third kappa shape index (κ3) is 4.95. The summed E-state index contributed by atoms with van der Waals surface area (Å²) in [6, 6.07) is 11.9. The standard InChI is InChI=1S/C23H29N3O2S/c1-6-28-19-9-7-10-20-21(19)24-23(29-20)26(14-8-13-25(4)5)22(27)18-12-11-16(2)15-17(18)3/h7,9-12,15H,6,8,13-14H2,1-5H3/p+1.